The summed E-state index contributed by atoms with van der Waals surface area (Å²) in [7, 11) is 1.24. The maximum Gasteiger partial charge on any atom is 0.311 e. The standard InChI is InChI=1S/C16H20N2O6/c1-3-23-12-6-4-5-7-13(12)24-10-15(20)18-9-11(16(21)22-2)8-14(19)17-18/h4-7,11H,3,8-10H2,1-2H3,(H,17,19). The molecule has 1 atom stereocenters. The lowest BCUT2D eigenvalue weighted by Gasteiger charge is -2.31. The number of benzene rings is 1. The second-order valence-electron chi connectivity index (χ2n) is 5.13. The molecule has 0 spiro atoms. The van der Waals surface area contributed by atoms with Crippen molar-refractivity contribution in [3.05, 3.63) is 24.3 Å². The maximum absolute atomic E-state index is 12.2. The first kappa shape index (κ1) is 17.6. The molecule has 2 amide bonds. The largest absolute Gasteiger partial charge is 0.490 e. The van der Waals surface area contributed by atoms with Gasteiger partial charge in [0.2, 0.25) is 5.91 Å². The molecule has 1 fully saturated rings. The van der Waals surface area contributed by atoms with Crippen molar-refractivity contribution >= 4 is 17.8 Å². The monoisotopic (exact) mass is 336 g/mol. The third kappa shape index (κ3) is 4.37. The van der Waals surface area contributed by atoms with Gasteiger partial charge in [0.05, 0.1) is 26.2 Å². The molecule has 0 aliphatic carbocycles. The van der Waals surface area contributed by atoms with Crippen LogP contribution in [0.3, 0.4) is 0 Å². The van der Waals surface area contributed by atoms with E-state index in [1.807, 2.05) is 6.92 Å². The van der Waals surface area contributed by atoms with Gasteiger partial charge in [-0.3, -0.25) is 24.8 Å². The number of hydrogen-bond acceptors (Lipinski definition) is 6. The van der Waals surface area contributed by atoms with Gasteiger partial charge in [0.1, 0.15) is 0 Å². The van der Waals surface area contributed by atoms with Gasteiger partial charge in [0.25, 0.3) is 5.91 Å². The fourth-order valence-corrected chi connectivity index (χ4v) is 2.30. The lowest BCUT2D eigenvalue weighted by Crippen LogP contribution is -2.55. The van der Waals surface area contributed by atoms with Crippen molar-refractivity contribution < 1.29 is 28.6 Å². The molecule has 1 aliphatic heterocycles. The molecule has 0 radical (unpaired) electrons. The number of nitrogens with zero attached hydrogens (tertiary/aromatic N) is 1. The molecular formula is C16H20N2O6. The zero-order chi connectivity index (χ0) is 17.5. The third-order valence-corrected chi connectivity index (χ3v) is 3.43. The first-order valence-electron chi connectivity index (χ1n) is 7.57. The zero-order valence-corrected chi connectivity index (χ0v) is 13.6. The molecule has 1 aromatic rings. The number of nitrogens with one attached hydrogen (secondary N) is 1. The predicted octanol–water partition coefficient (Wildman–Crippen LogP) is 0.517. The van der Waals surface area contributed by atoms with E-state index in [0.717, 1.165) is 5.01 Å². The second kappa shape index (κ2) is 8.19. The van der Waals surface area contributed by atoms with Gasteiger partial charge in [0.15, 0.2) is 18.1 Å². The number of carbonyl (C=O) groups is 3. The summed E-state index contributed by atoms with van der Waals surface area (Å²) in [6, 6.07) is 6.98. The Morgan fingerprint density at radius 1 is 1.25 bits per heavy atom. The molecule has 0 bridgehead atoms. The smallest absolute Gasteiger partial charge is 0.311 e. The van der Waals surface area contributed by atoms with Crippen LogP contribution in [-0.4, -0.2) is 49.7 Å². The summed E-state index contributed by atoms with van der Waals surface area (Å²) in [5.41, 5.74) is 2.43. The van der Waals surface area contributed by atoms with E-state index < -0.39 is 23.7 Å². The molecule has 1 N–H and O–H groups in total. The Balaban J connectivity index is 1.97. The Morgan fingerprint density at radius 2 is 1.92 bits per heavy atom. The number of esters is 1. The molecule has 1 aromatic carbocycles. The lowest BCUT2D eigenvalue weighted by atomic mass is 10.0. The Labute approximate surface area is 139 Å². The normalized spacial score (nSPS) is 17.0. The fourth-order valence-electron chi connectivity index (χ4n) is 2.30. The number of methoxy groups -OCH3 is 1. The van der Waals surface area contributed by atoms with Crippen molar-refractivity contribution in [1.82, 2.24) is 10.4 Å². The number of hydrogen-bond donors (Lipinski definition) is 1. The van der Waals surface area contributed by atoms with E-state index in [-0.39, 0.29) is 19.6 Å². The van der Waals surface area contributed by atoms with Gasteiger partial charge in [-0.05, 0) is 19.1 Å². The molecule has 1 aliphatic rings. The minimum Gasteiger partial charge on any atom is -0.490 e. The van der Waals surface area contributed by atoms with Gasteiger partial charge in [-0.1, -0.05) is 12.1 Å². The van der Waals surface area contributed by atoms with Crippen LogP contribution in [0.5, 0.6) is 11.5 Å². The number of carbonyl (C=O) groups excluding carboxylic acids is 3. The van der Waals surface area contributed by atoms with Crippen LogP contribution >= 0.6 is 0 Å². The molecule has 8 nitrogen and oxygen atoms in total. The number of amides is 2. The van der Waals surface area contributed by atoms with E-state index in [1.165, 1.54) is 7.11 Å². The van der Waals surface area contributed by atoms with Crippen molar-refractivity contribution in [3.8, 4) is 11.5 Å². The number of hydrazine groups is 1. The minimum absolute atomic E-state index is 0.00944. The van der Waals surface area contributed by atoms with Crippen LogP contribution in [0, 0.1) is 5.92 Å². The average molecular weight is 336 g/mol. The number of ether oxygens (including phenoxy) is 3. The van der Waals surface area contributed by atoms with Crippen molar-refractivity contribution in [2.75, 3.05) is 26.9 Å². The van der Waals surface area contributed by atoms with Crippen LogP contribution in [0.15, 0.2) is 24.3 Å². The van der Waals surface area contributed by atoms with E-state index in [1.54, 1.807) is 24.3 Å². The summed E-state index contributed by atoms with van der Waals surface area (Å²) >= 11 is 0. The van der Waals surface area contributed by atoms with Crippen LogP contribution in [0.2, 0.25) is 0 Å². The molecule has 0 saturated carbocycles. The van der Waals surface area contributed by atoms with Gasteiger partial charge < -0.3 is 14.2 Å². The maximum atomic E-state index is 12.2. The molecule has 130 valence electrons. The lowest BCUT2D eigenvalue weighted by molar-refractivity contribution is -0.157. The Bertz CT molecular complexity index is 618. The van der Waals surface area contributed by atoms with E-state index in [4.69, 9.17) is 9.47 Å². The van der Waals surface area contributed by atoms with Crippen molar-refractivity contribution in [2.24, 2.45) is 5.92 Å². The van der Waals surface area contributed by atoms with Crippen LogP contribution in [0.1, 0.15) is 13.3 Å². The highest BCUT2D eigenvalue weighted by Gasteiger charge is 2.33. The topological polar surface area (TPSA) is 94.2 Å². The molecule has 1 saturated heterocycles. The Kier molecular flexibility index (Phi) is 6.00. The van der Waals surface area contributed by atoms with Gasteiger partial charge >= 0.3 is 5.97 Å². The Hall–Kier alpha value is -2.77. The predicted molar refractivity (Wildman–Crippen MR) is 83.1 cm³/mol. The quantitative estimate of drug-likeness (QED) is 0.761. The van der Waals surface area contributed by atoms with E-state index >= 15 is 0 Å². The summed E-state index contributed by atoms with van der Waals surface area (Å²) < 4.78 is 15.5. The fraction of sp³-hybridized carbons (Fsp3) is 0.438. The van der Waals surface area contributed by atoms with Gasteiger partial charge in [-0.15, -0.1) is 0 Å². The summed E-state index contributed by atoms with van der Waals surface area (Å²) in [4.78, 5) is 35.5. The molecule has 1 unspecified atom stereocenters. The molecule has 2 rings (SSSR count). The van der Waals surface area contributed by atoms with E-state index in [2.05, 4.69) is 10.2 Å². The van der Waals surface area contributed by atoms with Crippen LogP contribution in [-0.2, 0) is 19.1 Å². The van der Waals surface area contributed by atoms with Gasteiger partial charge in [-0.25, -0.2) is 0 Å². The number of rotatable bonds is 6. The van der Waals surface area contributed by atoms with Crippen LogP contribution in [0.25, 0.3) is 0 Å². The van der Waals surface area contributed by atoms with Crippen molar-refractivity contribution in [2.45, 2.75) is 13.3 Å². The SMILES string of the molecule is CCOc1ccccc1OCC(=O)N1CC(C(=O)OC)CC(=O)N1. The zero-order valence-electron chi connectivity index (χ0n) is 13.6. The minimum atomic E-state index is -0.677. The summed E-state index contributed by atoms with van der Waals surface area (Å²) in [6.07, 6.45) is -0.00944. The highest BCUT2D eigenvalue weighted by molar-refractivity contribution is 5.88. The summed E-state index contributed by atoms with van der Waals surface area (Å²) in [6.45, 7) is 2.07. The second-order valence-corrected chi connectivity index (χ2v) is 5.13. The third-order valence-electron chi connectivity index (χ3n) is 3.43. The molecule has 0 aromatic heterocycles. The van der Waals surface area contributed by atoms with Gasteiger partial charge in [0, 0.05) is 6.42 Å². The van der Waals surface area contributed by atoms with Gasteiger partial charge in [-0.2, -0.15) is 0 Å². The Morgan fingerprint density at radius 3 is 2.54 bits per heavy atom. The average Bonchev–Trinajstić information content (AvgIpc) is 2.59. The van der Waals surface area contributed by atoms with Crippen molar-refractivity contribution in [1.29, 1.82) is 0 Å². The van der Waals surface area contributed by atoms with Crippen LogP contribution < -0.4 is 14.9 Å². The molecular weight excluding hydrogens is 316 g/mol. The molecule has 24 heavy (non-hydrogen) atoms. The first-order valence-corrected chi connectivity index (χ1v) is 7.57. The summed E-state index contributed by atoms with van der Waals surface area (Å²) in [5, 5.41) is 1.08. The highest BCUT2D eigenvalue weighted by Crippen LogP contribution is 2.26. The molecule has 1 heterocycles. The number of para-hydroxylation sites is 2. The van der Waals surface area contributed by atoms with E-state index in [0.29, 0.717) is 18.1 Å². The molecule has 8 heteroatoms. The van der Waals surface area contributed by atoms with Crippen molar-refractivity contribution in [3.63, 3.8) is 0 Å². The highest BCUT2D eigenvalue weighted by atomic mass is 16.5. The van der Waals surface area contributed by atoms with Crippen LogP contribution in [0.4, 0.5) is 0 Å². The summed E-state index contributed by atoms with van der Waals surface area (Å²) in [5.74, 6) is -1.12. The van der Waals surface area contributed by atoms with E-state index in [9.17, 15) is 14.4 Å². The first-order chi connectivity index (χ1) is 11.5.